The Balaban J connectivity index is 1.18. The highest BCUT2D eigenvalue weighted by Crippen LogP contribution is 2.24. The quantitative estimate of drug-likeness (QED) is 0.603. The van der Waals surface area contributed by atoms with E-state index in [9.17, 15) is 4.79 Å². The summed E-state index contributed by atoms with van der Waals surface area (Å²) >= 11 is 0. The van der Waals surface area contributed by atoms with Crippen LogP contribution in [-0.2, 0) is 11.3 Å². The van der Waals surface area contributed by atoms with Gasteiger partial charge in [0.2, 0.25) is 5.91 Å². The number of likely N-dealkylation sites (tertiary alicyclic amines) is 1. The molecule has 0 saturated carbocycles. The third-order valence-electron chi connectivity index (χ3n) is 6.68. The smallest absolute Gasteiger partial charge is 0.222 e. The first kappa shape index (κ1) is 23.6. The molecule has 0 spiro atoms. The summed E-state index contributed by atoms with van der Waals surface area (Å²) < 4.78 is 5.75. The number of anilines is 1. The van der Waals surface area contributed by atoms with Gasteiger partial charge in [0.05, 0.1) is 6.10 Å². The number of aromatic nitrogens is 1. The second-order valence-electron chi connectivity index (χ2n) is 9.65. The molecule has 3 heterocycles. The van der Waals surface area contributed by atoms with Crippen LogP contribution >= 0.6 is 0 Å². The minimum atomic E-state index is 0.200. The van der Waals surface area contributed by atoms with Crippen LogP contribution in [0.25, 0.3) is 0 Å². The first-order chi connectivity index (χ1) is 16.1. The van der Waals surface area contributed by atoms with Crippen molar-refractivity contribution < 1.29 is 9.53 Å². The Morgan fingerprint density at radius 2 is 1.85 bits per heavy atom. The van der Waals surface area contributed by atoms with Gasteiger partial charge in [0, 0.05) is 51.9 Å². The van der Waals surface area contributed by atoms with Crippen molar-refractivity contribution in [1.82, 2.24) is 14.8 Å². The van der Waals surface area contributed by atoms with Gasteiger partial charge in [0.15, 0.2) is 0 Å². The molecule has 1 aromatic heterocycles. The lowest BCUT2D eigenvalue weighted by Gasteiger charge is -2.36. The van der Waals surface area contributed by atoms with Crippen LogP contribution in [0.5, 0.6) is 5.75 Å². The molecule has 2 fully saturated rings. The summed E-state index contributed by atoms with van der Waals surface area (Å²) in [6.07, 6.45) is 6.15. The molecule has 0 aliphatic carbocycles. The lowest BCUT2D eigenvalue weighted by molar-refractivity contribution is -0.131. The fourth-order valence-electron chi connectivity index (χ4n) is 4.95. The van der Waals surface area contributed by atoms with Crippen molar-refractivity contribution >= 4 is 11.7 Å². The second kappa shape index (κ2) is 11.5. The number of pyridine rings is 1. The van der Waals surface area contributed by atoms with Crippen molar-refractivity contribution in [2.45, 2.75) is 52.2 Å². The maximum absolute atomic E-state index is 12.8. The van der Waals surface area contributed by atoms with Crippen molar-refractivity contribution in [3.05, 3.63) is 54.2 Å². The number of rotatable bonds is 8. The zero-order valence-electron chi connectivity index (χ0n) is 20.2. The maximum atomic E-state index is 12.8. The molecule has 1 aromatic carbocycles. The van der Waals surface area contributed by atoms with Gasteiger partial charge in [-0.25, -0.2) is 4.98 Å². The molecule has 2 aliphatic heterocycles. The predicted molar refractivity (Wildman–Crippen MR) is 132 cm³/mol. The van der Waals surface area contributed by atoms with Crippen molar-refractivity contribution in [2.24, 2.45) is 5.92 Å². The third kappa shape index (κ3) is 6.94. The Hall–Kier alpha value is -2.60. The molecule has 4 rings (SSSR count). The lowest BCUT2D eigenvalue weighted by atomic mass is 9.92. The maximum Gasteiger partial charge on any atom is 0.222 e. The van der Waals surface area contributed by atoms with Crippen molar-refractivity contribution in [2.75, 3.05) is 44.2 Å². The molecular weight excluding hydrogens is 412 g/mol. The van der Waals surface area contributed by atoms with Gasteiger partial charge in [-0.05, 0) is 75.4 Å². The summed E-state index contributed by atoms with van der Waals surface area (Å²) in [4.78, 5) is 24.1. The SMILES string of the molecule is CC(C)Oc1ccc(CN2CCC[C@@H](CCC(=O)N3CCN(c4ccccn4)CC3)C2)cc1. The highest BCUT2D eigenvalue weighted by Gasteiger charge is 2.24. The standard InChI is InChI=1S/C27H38N4O2/c1-22(2)33-25-11-8-24(9-12-25)21-29-15-5-6-23(20-29)10-13-27(32)31-18-16-30(17-19-31)26-7-3-4-14-28-26/h3-4,7-9,11-12,14,22-23H,5-6,10,13,15-21H2,1-2H3/t23-/m0/s1. The summed E-state index contributed by atoms with van der Waals surface area (Å²) in [7, 11) is 0. The van der Waals surface area contributed by atoms with Gasteiger partial charge in [0.25, 0.3) is 0 Å². The molecule has 0 radical (unpaired) electrons. The summed E-state index contributed by atoms with van der Waals surface area (Å²) in [5.41, 5.74) is 1.33. The number of piperidine rings is 1. The Morgan fingerprint density at radius 3 is 2.55 bits per heavy atom. The van der Waals surface area contributed by atoms with Gasteiger partial charge < -0.3 is 14.5 Å². The number of hydrogen-bond donors (Lipinski definition) is 0. The number of nitrogens with zero attached hydrogens (tertiary/aromatic N) is 4. The van der Waals surface area contributed by atoms with E-state index in [0.29, 0.717) is 18.2 Å². The monoisotopic (exact) mass is 450 g/mol. The van der Waals surface area contributed by atoms with E-state index in [2.05, 4.69) is 52.9 Å². The van der Waals surface area contributed by atoms with Gasteiger partial charge in [-0.2, -0.15) is 0 Å². The van der Waals surface area contributed by atoms with Gasteiger partial charge in [-0.3, -0.25) is 9.69 Å². The predicted octanol–water partition coefficient (Wildman–Crippen LogP) is 4.21. The Bertz CT molecular complexity index is 863. The molecule has 2 aliphatic rings. The minimum absolute atomic E-state index is 0.200. The molecule has 178 valence electrons. The highest BCUT2D eigenvalue weighted by atomic mass is 16.5. The fraction of sp³-hybridized carbons (Fsp3) is 0.556. The van der Waals surface area contributed by atoms with Crippen LogP contribution < -0.4 is 9.64 Å². The molecule has 0 bridgehead atoms. The normalized spacial score (nSPS) is 19.7. The van der Waals surface area contributed by atoms with Crippen LogP contribution in [0.4, 0.5) is 5.82 Å². The Morgan fingerprint density at radius 1 is 1.06 bits per heavy atom. The van der Waals surface area contributed by atoms with E-state index in [1.807, 2.05) is 29.3 Å². The molecule has 2 saturated heterocycles. The van der Waals surface area contributed by atoms with Crippen LogP contribution in [0.3, 0.4) is 0 Å². The van der Waals surface area contributed by atoms with E-state index >= 15 is 0 Å². The number of ether oxygens (including phenoxy) is 1. The number of carbonyl (C=O) groups is 1. The molecular formula is C27H38N4O2. The molecule has 0 N–H and O–H groups in total. The average Bonchev–Trinajstić information content (AvgIpc) is 2.84. The summed E-state index contributed by atoms with van der Waals surface area (Å²) in [6.45, 7) is 10.6. The second-order valence-corrected chi connectivity index (χ2v) is 9.65. The van der Waals surface area contributed by atoms with E-state index in [1.54, 1.807) is 0 Å². The van der Waals surface area contributed by atoms with Gasteiger partial charge in [0.1, 0.15) is 11.6 Å². The van der Waals surface area contributed by atoms with Crippen LogP contribution in [0.2, 0.25) is 0 Å². The van der Waals surface area contributed by atoms with E-state index in [1.165, 1.54) is 18.4 Å². The topological polar surface area (TPSA) is 48.9 Å². The van der Waals surface area contributed by atoms with Gasteiger partial charge in [-0.15, -0.1) is 0 Å². The van der Waals surface area contributed by atoms with Crippen molar-refractivity contribution in [3.8, 4) is 5.75 Å². The molecule has 0 unspecified atom stereocenters. The van der Waals surface area contributed by atoms with E-state index in [-0.39, 0.29) is 6.10 Å². The van der Waals surface area contributed by atoms with Crippen LogP contribution in [0.1, 0.15) is 45.1 Å². The Kier molecular flexibility index (Phi) is 8.21. The molecule has 2 aromatic rings. The fourth-order valence-corrected chi connectivity index (χ4v) is 4.95. The average molecular weight is 451 g/mol. The first-order valence-corrected chi connectivity index (χ1v) is 12.5. The zero-order chi connectivity index (χ0) is 23.0. The number of hydrogen-bond acceptors (Lipinski definition) is 5. The van der Waals surface area contributed by atoms with Crippen LogP contribution in [0, 0.1) is 5.92 Å². The number of piperazine rings is 1. The van der Waals surface area contributed by atoms with E-state index < -0.39 is 0 Å². The summed E-state index contributed by atoms with van der Waals surface area (Å²) in [5, 5.41) is 0. The lowest BCUT2D eigenvalue weighted by Crippen LogP contribution is -2.49. The molecule has 6 nitrogen and oxygen atoms in total. The highest BCUT2D eigenvalue weighted by molar-refractivity contribution is 5.76. The number of carbonyl (C=O) groups excluding carboxylic acids is 1. The van der Waals surface area contributed by atoms with Crippen molar-refractivity contribution in [1.29, 1.82) is 0 Å². The Labute approximate surface area is 198 Å². The third-order valence-corrected chi connectivity index (χ3v) is 6.68. The van der Waals surface area contributed by atoms with Gasteiger partial charge >= 0.3 is 0 Å². The summed E-state index contributed by atoms with van der Waals surface area (Å²) in [5.74, 6) is 2.87. The number of amides is 1. The van der Waals surface area contributed by atoms with Crippen LogP contribution in [-0.4, -0.2) is 66.1 Å². The molecule has 33 heavy (non-hydrogen) atoms. The largest absolute Gasteiger partial charge is 0.491 e. The number of benzene rings is 1. The first-order valence-electron chi connectivity index (χ1n) is 12.5. The van der Waals surface area contributed by atoms with E-state index in [0.717, 1.165) is 63.8 Å². The van der Waals surface area contributed by atoms with Gasteiger partial charge in [-0.1, -0.05) is 18.2 Å². The zero-order valence-corrected chi connectivity index (χ0v) is 20.2. The molecule has 1 atom stereocenters. The molecule has 1 amide bonds. The van der Waals surface area contributed by atoms with Crippen LogP contribution in [0.15, 0.2) is 48.7 Å². The van der Waals surface area contributed by atoms with E-state index in [4.69, 9.17) is 4.74 Å². The minimum Gasteiger partial charge on any atom is -0.491 e. The molecule has 6 heteroatoms. The van der Waals surface area contributed by atoms with Crippen molar-refractivity contribution in [3.63, 3.8) is 0 Å². The summed E-state index contributed by atoms with van der Waals surface area (Å²) in [6, 6.07) is 14.5.